The lowest BCUT2D eigenvalue weighted by Gasteiger charge is -2.31. The summed E-state index contributed by atoms with van der Waals surface area (Å²) < 4.78 is 0. The van der Waals surface area contributed by atoms with E-state index in [2.05, 4.69) is 17.7 Å². The molecule has 1 aliphatic carbocycles. The van der Waals surface area contributed by atoms with E-state index in [1.807, 2.05) is 0 Å². The maximum Gasteiger partial charge on any atom is 0.280 e. The Morgan fingerprint density at radius 1 is 1.14 bits per heavy atom. The largest absolute Gasteiger partial charge is 0.358 e. The van der Waals surface area contributed by atoms with Gasteiger partial charge < -0.3 is 5.32 Å². The molecule has 2 amide bonds. The number of amides is 2. The first kappa shape index (κ1) is 15.0. The van der Waals surface area contributed by atoms with E-state index in [1.165, 1.54) is 19.3 Å². The predicted octanol–water partition coefficient (Wildman–Crippen LogP) is 2.24. The fourth-order valence-electron chi connectivity index (χ4n) is 3.12. The van der Waals surface area contributed by atoms with E-state index < -0.39 is 0 Å². The second-order valence-corrected chi connectivity index (χ2v) is 6.35. The molecule has 6 heteroatoms. The molecule has 0 saturated heterocycles. The first-order valence-electron chi connectivity index (χ1n) is 7.63. The molecule has 0 spiro atoms. The van der Waals surface area contributed by atoms with Crippen molar-refractivity contribution in [2.45, 2.75) is 38.6 Å². The topological polar surface area (TPSA) is 61.4 Å². The van der Waals surface area contributed by atoms with Crippen LogP contribution in [0.4, 0.5) is 0 Å². The fraction of sp³-hybridized carbons (Fsp3) is 0.438. The molecular weight excluding hydrogens is 298 g/mol. The van der Waals surface area contributed by atoms with Crippen LogP contribution in [-0.2, 0) is 0 Å². The number of carbonyl (C=O) groups is 2. The van der Waals surface area contributed by atoms with Crippen LogP contribution in [0, 0.1) is 5.92 Å². The average molecular weight is 317 g/mol. The smallest absolute Gasteiger partial charge is 0.280 e. The van der Waals surface area contributed by atoms with Crippen molar-refractivity contribution in [3.8, 4) is 0 Å². The van der Waals surface area contributed by atoms with Crippen LogP contribution in [0.2, 0.25) is 0 Å². The molecule has 116 valence electrons. The van der Waals surface area contributed by atoms with Crippen molar-refractivity contribution in [2.75, 3.05) is 0 Å². The van der Waals surface area contributed by atoms with Gasteiger partial charge in [-0.1, -0.05) is 31.9 Å². The van der Waals surface area contributed by atoms with Gasteiger partial charge in [0.05, 0.1) is 11.1 Å². The molecule has 1 aromatic rings. The van der Waals surface area contributed by atoms with E-state index in [4.69, 9.17) is 12.2 Å². The lowest BCUT2D eigenvalue weighted by molar-refractivity contribution is 0.0610. The lowest BCUT2D eigenvalue weighted by Crippen LogP contribution is -2.53. The number of hydrogen-bond donors (Lipinski definition) is 2. The van der Waals surface area contributed by atoms with Crippen LogP contribution in [0.1, 0.15) is 53.3 Å². The van der Waals surface area contributed by atoms with E-state index >= 15 is 0 Å². The minimum absolute atomic E-state index is 0.295. The second kappa shape index (κ2) is 6.04. The Hall–Kier alpha value is -1.95. The highest BCUT2D eigenvalue weighted by atomic mass is 32.1. The summed E-state index contributed by atoms with van der Waals surface area (Å²) in [6.07, 6.45) is 4.66. The van der Waals surface area contributed by atoms with Crippen molar-refractivity contribution < 1.29 is 9.59 Å². The zero-order valence-corrected chi connectivity index (χ0v) is 13.3. The van der Waals surface area contributed by atoms with E-state index in [9.17, 15) is 9.59 Å². The fourth-order valence-corrected chi connectivity index (χ4v) is 3.37. The maximum absolute atomic E-state index is 12.3. The average Bonchev–Trinajstić information content (AvgIpc) is 2.75. The Morgan fingerprint density at radius 2 is 1.73 bits per heavy atom. The van der Waals surface area contributed by atoms with Gasteiger partial charge in [-0.05, 0) is 43.1 Å². The van der Waals surface area contributed by atoms with Crippen LogP contribution in [0.3, 0.4) is 0 Å². The zero-order valence-electron chi connectivity index (χ0n) is 12.5. The third-order valence-corrected chi connectivity index (χ3v) is 4.64. The number of carbonyl (C=O) groups excluding carboxylic acids is 2. The van der Waals surface area contributed by atoms with E-state index in [0.29, 0.717) is 28.2 Å². The van der Waals surface area contributed by atoms with E-state index in [-0.39, 0.29) is 11.8 Å². The van der Waals surface area contributed by atoms with Gasteiger partial charge in [0.15, 0.2) is 5.11 Å². The highest BCUT2D eigenvalue weighted by molar-refractivity contribution is 7.80. The summed E-state index contributed by atoms with van der Waals surface area (Å²) in [5.74, 6) is -0.182. The van der Waals surface area contributed by atoms with Crippen molar-refractivity contribution in [1.29, 1.82) is 0 Å². The molecule has 2 N–H and O–H groups in total. The lowest BCUT2D eigenvalue weighted by atomic mass is 9.86. The van der Waals surface area contributed by atoms with Crippen molar-refractivity contribution in [3.05, 3.63) is 35.4 Å². The first-order valence-corrected chi connectivity index (χ1v) is 8.03. The highest BCUT2D eigenvalue weighted by Gasteiger charge is 2.36. The molecule has 0 aromatic heterocycles. The standard InChI is InChI=1S/C16H19N3O2S/c1-10-6-2-5-9-13(10)17-16(22)18-19-14(20)11-7-3-4-8-12(11)15(19)21/h3-4,7-8,10,13H,2,5-6,9H2,1H3,(H2,17,18,22)/t10-,13+/m1/s1. The van der Waals surface area contributed by atoms with Crippen LogP contribution in [0.15, 0.2) is 24.3 Å². The molecule has 3 rings (SSSR count). The van der Waals surface area contributed by atoms with Gasteiger partial charge in [0.1, 0.15) is 0 Å². The van der Waals surface area contributed by atoms with Gasteiger partial charge in [0.25, 0.3) is 11.8 Å². The third-order valence-electron chi connectivity index (χ3n) is 4.44. The van der Waals surface area contributed by atoms with Crippen molar-refractivity contribution in [3.63, 3.8) is 0 Å². The first-order chi connectivity index (χ1) is 10.6. The number of thiocarbonyl (C=S) groups is 1. The number of fused-ring (bicyclic) bond motifs is 1. The SMILES string of the molecule is C[C@@H]1CCCC[C@@H]1NC(=S)NN1C(=O)c2ccccc2C1=O. The molecule has 2 atom stereocenters. The Labute approximate surface area is 135 Å². The molecule has 1 aromatic carbocycles. The monoisotopic (exact) mass is 317 g/mol. The normalized spacial score (nSPS) is 24.1. The molecule has 1 saturated carbocycles. The zero-order chi connectivity index (χ0) is 15.7. The van der Waals surface area contributed by atoms with E-state index in [0.717, 1.165) is 11.4 Å². The molecule has 22 heavy (non-hydrogen) atoms. The summed E-state index contributed by atoms with van der Waals surface area (Å²) in [6.45, 7) is 2.20. The summed E-state index contributed by atoms with van der Waals surface area (Å²) in [5.41, 5.74) is 3.57. The quantitative estimate of drug-likeness (QED) is 0.647. The van der Waals surface area contributed by atoms with Gasteiger partial charge in [-0.15, -0.1) is 0 Å². The maximum atomic E-state index is 12.3. The van der Waals surface area contributed by atoms with Gasteiger partial charge in [0.2, 0.25) is 0 Å². The minimum Gasteiger partial charge on any atom is -0.358 e. The van der Waals surface area contributed by atoms with Crippen LogP contribution < -0.4 is 10.7 Å². The Morgan fingerprint density at radius 3 is 2.32 bits per heavy atom. The Balaban J connectivity index is 1.65. The van der Waals surface area contributed by atoms with E-state index in [1.54, 1.807) is 24.3 Å². The molecule has 2 aliphatic rings. The van der Waals surface area contributed by atoms with Gasteiger partial charge in [0, 0.05) is 6.04 Å². The summed E-state index contributed by atoms with van der Waals surface area (Å²) in [7, 11) is 0. The van der Waals surface area contributed by atoms with Crippen LogP contribution in [-0.4, -0.2) is 28.0 Å². The number of nitrogens with zero attached hydrogens (tertiary/aromatic N) is 1. The molecule has 5 nitrogen and oxygen atoms in total. The number of hydrogen-bond acceptors (Lipinski definition) is 3. The van der Waals surface area contributed by atoms with Crippen LogP contribution in [0.5, 0.6) is 0 Å². The molecular formula is C16H19N3O2S. The Bertz CT molecular complexity index is 597. The van der Waals surface area contributed by atoms with Crippen molar-refractivity contribution in [2.24, 2.45) is 5.92 Å². The number of nitrogens with one attached hydrogen (secondary N) is 2. The van der Waals surface area contributed by atoms with Crippen molar-refractivity contribution in [1.82, 2.24) is 15.8 Å². The molecule has 0 unspecified atom stereocenters. The molecule has 1 fully saturated rings. The highest BCUT2D eigenvalue weighted by Crippen LogP contribution is 2.24. The van der Waals surface area contributed by atoms with Crippen LogP contribution in [0.25, 0.3) is 0 Å². The second-order valence-electron chi connectivity index (χ2n) is 5.94. The number of imide groups is 1. The summed E-state index contributed by atoms with van der Waals surface area (Å²) in [6, 6.07) is 7.08. The molecule has 0 bridgehead atoms. The van der Waals surface area contributed by atoms with Crippen LogP contribution >= 0.6 is 12.2 Å². The third kappa shape index (κ3) is 2.70. The molecule has 1 aliphatic heterocycles. The minimum atomic E-state index is -0.360. The number of hydrazine groups is 1. The Kier molecular flexibility index (Phi) is 4.11. The van der Waals surface area contributed by atoms with Gasteiger partial charge in [-0.2, -0.15) is 5.01 Å². The van der Waals surface area contributed by atoms with Gasteiger partial charge in [-0.25, -0.2) is 0 Å². The van der Waals surface area contributed by atoms with Crippen molar-refractivity contribution >= 4 is 29.1 Å². The molecule has 1 heterocycles. The summed E-state index contributed by atoms with van der Waals surface area (Å²) in [5, 5.41) is 4.56. The summed E-state index contributed by atoms with van der Waals surface area (Å²) in [4.78, 5) is 24.5. The number of rotatable bonds is 2. The molecule has 0 radical (unpaired) electrons. The summed E-state index contributed by atoms with van der Waals surface area (Å²) >= 11 is 5.27. The van der Waals surface area contributed by atoms with Gasteiger partial charge >= 0.3 is 0 Å². The van der Waals surface area contributed by atoms with Gasteiger partial charge in [-0.3, -0.25) is 15.0 Å². The number of benzene rings is 1. The predicted molar refractivity (Wildman–Crippen MR) is 87.2 cm³/mol.